The maximum absolute atomic E-state index is 12.9. The number of Topliss-reactive ketones (excluding diaryl/α,β-unsaturated/α-hetero) is 2. The van der Waals surface area contributed by atoms with E-state index in [1.165, 1.54) is 47.1 Å². The van der Waals surface area contributed by atoms with E-state index in [-0.39, 0.29) is 24.9 Å². The van der Waals surface area contributed by atoms with Crippen LogP contribution in [0.3, 0.4) is 0 Å². The molecule has 0 aromatic heterocycles. The first kappa shape index (κ1) is 48.9. The number of aliphatic imine (C=N–C) groups is 4. The first-order valence-electron chi connectivity index (χ1n) is 21.6. The number of carbonyl (C=O) groups excluding carboxylic acids is 2. The molecule has 0 amide bonds. The molecule has 15 nitrogen and oxygen atoms in total. The lowest BCUT2D eigenvalue weighted by Crippen LogP contribution is -2.48. The van der Waals surface area contributed by atoms with Gasteiger partial charge in [0.05, 0.1) is 6.54 Å². The van der Waals surface area contributed by atoms with Gasteiger partial charge < -0.3 is 25.6 Å². The van der Waals surface area contributed by atoms with Crippen LogP contribution in [0.15, 0.2) is 92.3 Å². The van der Waals surface area contributed by atoms with E-state index >= 15 is 0 Å². The third-order valence-corrected chi connectivity index (χ3v) is 11.9. The standard InChI is InChI=1S/C24H24N6O.C24H27N5O.CH4.O2S/c1-25-23-11-10-21(29-23)22(31)13-18-9-8-17(12-20(18)16-6-4-3-5-7-16)19-14-27-24(28-15-19)30-26-2;1-25-23-11-10-21(29-23)22(30)13-18-9-8-17(19-14-27-24(26-2)28-15-19)12-20(18)16-6-4-3-5-7-16;;1-3-2/h6,8-9,11-12,19H,3-5,7,10,13-15H2,(H2,27,28,30);6,8-9,11-12,19H,3-5,7,10,13-15H2,2H3,(H2,26,27,28);1H4;. The van der Waals surface area contributed by atoms with Gasteiger partial charge in [0, 0.05) is 64.2 Å². The number of hydrogen-bond donors (Lipinski definition) is 4. The number of hydrogen-bond acceptors (Lipinski definition) is 10. The number of allylic oxidation sites excluding steroid dienone is 6. The van der Waals surface area contributed by atoms with Crippen molar-refractivity contribution < 1.29 is 18.0 Å². The molecule has 336 valence electrons. The van der Waals surface area contributed by atoms with Gasteiger partial charge in [0.25, 0.3) is 17.6 Å². The summed E-state index contributed by atoms with van der Waals surface area (Å²) in [6.45, 7) is 24.1. The number of rotatable bonds is 10. The highest BCUT2D eigenvalue weighted by Gasteiger charge is 2.26. The fourth-order valence-corrected chi connectivity index (χ4v) is 8.51. The Labute approximate surface area is 385 Å². The minimum absolute atomic E-state index is 0. The Bertz CT molecular complexity index is 2550. The van der Waals surface area contributed by atoms with E-state index in [2.05, 4.69) is 105 Å². The Kier molecular flexibility index (Phi) is 18.6. The van der Waals surface area contributed by atoms with Gasteiger partial charge in [0.1, 0.15) is 0 Å². The van der Waals surface area contributed by atoms with Crippen molar-refractivity contribution in [2.45, 2.75) is 96.3 Å². The largest absolute Gasteiger partial charge is 0.361 e. The molecule has 2 aromatic rings. The predicted molar refractivity (Wildman–Crippen MR) is 257 cm³/mol. The van der Waals surface area contributed by atoms with E-state index in [1.807, 2.05) is 0 Å². The average molecular weight is 894 g/mol. The highest BCUT2D eigenvalue weighted by atomic mass is 32.1. The maximum atomic E-state index is 12.9. The van der Waals surface area contributed by atoms with Crippen molar-refractivity contribution in [2.24, 2.45) is 20.0 Å². The third kappa shape index (κ3) is 13.2. The molecular weight excluding hydrogens is 839 g/mol. The number of ketones is 2. The fraction of sp³-hybridized carbons (Fsp3) is 0.408. The van der Waals surface area contributed by atoms with Crippen molar-refractivity contribution in [1.29, 1.82) is 0 Å². The second-order valence-corrected chi connectivity index (χ2v) is 16.1. The van der Waals surface area contributed by atoms with Crippen LogP contribution < -0.4 is 21.4 Å². The minimum Gasteiger partial charge on any atom is -0.361 e. The van der Waals surface area contributed by atoms with Crippen LogP contribution in [0.2, 0.25) is 0 Å². The van der Waals surface area contributed by atoms with Gasteiger partial charge in [-0.05, 0) is 95.9 Å². The van der Waals surface area contributed by atoms with Gasteiger partial charge in [0.15, 0.2) is 17.4 Å². The maximum Gasteiger partial charge on any atom is 0.335 e. The molecule has 4 heterocycles. The highest BCUT2D eigenvalue weighted by molar-refractivity contribution is 7.51. The van der Waals surface area contributed by atoms with Gasteiger partial charge in [-0.2, -0.15) is 19.9 Å². The highest BCUT2D eigenvalue weighted by Crippen LogP contribution is 2.34. The van der Waals surface area contributed by atoms with E-state index in [4.69, 9.17) is 28.1 Å². The molecular formula is C49H55N11O4S. The summed E-state index contributed by atoms with van der Waals surface area (Å²) in [7, 11) is 1.78. The SMILES string of the molecule is C.O=S=O.[C-]#[N+]C1=CCC(C(=O)Cc2ccc(C3CNC(=NC)NC3)cc2C2=CCCCC2)=N1.[C-]#[N+]NC1=NCC(c2ccc(CC(=O)C3=NC([N+]#[C-])=CC3)c(C3=CCCCC3)c2)CN1. The summed E-state index contributed by atoms with van der Waals surface area (Å²) < 4.78 is 16.6. The zero-order valence-electron chi connectivity index (χ0n) is 35.9. The normalized spacial score (nSPS) is 19.5. The van der Waals surface area contributed by atoms with Crippen LogP contribution >= 0.6 is 0 Å². The van der Waals surface area contributed by atoms with E-state index < -0.39 is 11.6 Å². The van der Waals surface area contributed by atoms with Gasteiger partial charge in [-0.25, -0.2) is 4.99 Å². The fourth-order valence-electron chi connectivity index (χ4n) is 8.51. The van der Waals surface area contributed by atoms with Crippen LogP contribution in [0, 0.1) is 19.7 Å². The van der Waals surface area contributed by atoms with Crippen LogP contribution in [-0.4, -0.2) is 76.6 Å². The number of nitrogens with zero attached hydrogens (tertiary/aromatic N) is 7. The average Bonchev–Trinajstić information content (AvgIpc) is 4.05. The minimum atomic E-state index is -0.750. The first-order valence-corrected chi connectivity index (χ1v) is 22.2. The summed E-state index contributed by atoms with van der Waals surface area (Å²) in [5, 5.41) is 9.84. The first-order chi connectivity index (χ1) is 31.3. The molecule has 65 heavy (non-hydrogen) atoms. The lowest BCUT2D eigenvalue weighted by atomic mass is 9.85. The van der Waals surface area contributed by atoms with Crippen molar-refractivity contribution in [3.8, 4) is 0 Å². The molecule has 4 N–H and O–H groups in total. The Morgan fingerprint density at radius 2 is 1.23 bits per heavy atom. The van der Waals surface area contributed by atoms with Gasteiger partial charge in [-0.1, -0.05) is 86.7 Å². The van der Waals surface area contributed by atoms with E-state index in [0.717, 1.165) is 67.8 Å². The van der Waals surface area contributed by atoms with Crippen LogP contribution in [-0.2, 0) is 34.0 Å². The van der Waals surface area contributed by atoms with Crippen molar-refractivity contribution in [3.05, 3.63) is 140 Å². The van der Waals surface area contributed by atoms with Gasteiger partial charge in [-0.3, -0.25) is 14.6 Å². The van der Waals surface area contributed by atoms with Crippen LogP contribution in [0.4, 0.5) is 0 Å². The second kappa shape index (κ2) is 24.7. The summed E-state index contributed by atoms with van der Waals surface area (Å²) in [6.07, 6.45) is 18.7. The molecule has 8 rings (SSSR count). The zero-order valence-corrected chi connectivity index (χ0v) is 36.7. The monoisotopic (exact) mass is 893 g/mol. The Hall–Kier alpha value is -7.09. The van der Waals surface area contributed by atoms with Crippen LogP contribution in [0.5, 0.6) is 0 Å². The number of guanidine groups is 2. The smallest absolute Gasteiger partial charge is 0.335 e. The molecule has 2 aliphatic carbocycles. The molecule has 16 heteroatoms. The number of nitrogens with one attached hydrogen (secondary N) is 4. The van der Waals surface area contributed by atoms with Crippen molar-refractivity contribution >= 4 is 57.6 Å². The Morgan fingerprint density at radius 1 is 0.738 bits per heavy atom. The summed E-state index contributed by atoms with van der Waals surface area (Å²) in [6, 6.07) is 12.9. The number of carbonyl (C=O) groups is 2. The van der Waals surface area contributed by atoms with E-state index in [0.29, 0.717) is 73.7 Å². The molecule has 1 saturated heterocycles. The molecule has 6 aliphatic rings. The summed E-state index contributed by atoms with van der Waals surface area (Å²) in [5.41, 5.74) is 13.1. The summed E-state index contributed by atoms with van der Waals surface area (Å²) in [4.78, 5) is 52.5. The predicted octanol–water partition coefficient (Wildman–Crippen LogP) is 7.42. The van der Waals surface area contributed by atoms with E-state index in [9.17, 15) is 9.59 Å². The van der Waals surface area contributed by atoms with Crippen LogP contribution in [0.1, 0.15) is 117 Å². The Morgan fingerprint density at radius 3 is 1.63 bits per heavy atom. The van der Waals surface area contributed by atoms with Crippen molar-refractivity contribution in [2.75, 3.05) is 33.2 Å². The van der Waals surface area contributed by atoms with Gasteiger partial charge >= 0.3 is 11.6 Å². The van der Waals surface area contributed by atoms with E-state index in [1.54, 1.807) is 19.2 Å². The lowest BCUT2D eigenvalue weighted by Gasteiger charge is -2.27. The molecule has 0 radical (unpaired) electrons. The number of benzene rings is 2. The molecule has 4 aliphatic heterocycles. The molecule has 2 aromatic carbocycles. The zero-order chi connectivity index (χ0) is 45.3. The van der Waals surface area contributed by atoms with Crippen LogP contribution in [0.25, 0.3) is 25.8 Å². The Balaban J connectivity index is 0.000000227. The quantitative estimate of drug-likeness (QED) is 0.141. The van der Waals surface area contributed by atoms with Gasteiger partial charge in [0.2, 0.25) is 11.6 Å². The van der Waals surface area contributed by atoms with Gasteiger partial charge in [-0.15, -0.1) is 9.98 Å². The van der Waals surface area contributed by atoms with Crippen molar-refractivity contribution in [1.82, 2.24) is 21.4 Å². The molecule has 1 unspecified atom stereocenters. The molecule has 0 saturated carbocycles. The topological polar surface area (TPSA) is 179 Å². The molecule has 0 bridgehead atoms. The third-order valence-electron chi connectivity index (χ3n) is 11.9. The second-order valence-electron chi connectivity index (χ2n) is 15.9. The lowest BCUT2D eigenvalue weighted by molar-refractivity contribution is -0.113. The molecule has 0 spiro atoms. The molecule has 1 atom stereocenters. The summed E-state index contributed by atoms with van der Waals surface area (Å²) >= 11 is -0.750. The van der Waals surface area contributed by atoms with Crippen molar-refractivity contribution in [3.63, 3.8) is 0 Å². The summed E-state index contributed by atoms with van der Waals surface area (Å²) in [5.74, 6) is 2.57. The molecule has 1 fully saturated rings.